The summed E-state index contributed by atoms with van der Waals surface area (Å²) in [6.45, 7) is 0. The van der Waals surface area contributed by atoms with E-state index in [9.17, 15) is 26.7 Å². The molecule has 0 radical (unpaired) electrons. The summed E-state index contributed by atoms with van der Waals surface area (Å²) in [5.74, 6) is -7.07. The first-order valence-corrected chi connectivity index (χ1v) is 6.42. The minimum absolute atomic E-state index is 0.0393. The van der Waals surface area contributed by atoms with Crippen LogP contribution >= 0.6 is 0 Å². The predicted octanol–water partition coefficient (Wildman–Crippen LogP) is 4.31. The number of alkyl halides is 5. The van der Waals surface area contributed by atoms with Crippen LogP contribution in [-0.4, -0.2) is 24.2 Å². The van der Waals surface area contributed by atoms with Gasteiger partial charge in [0.05, 0.1) is 24.4 Å². The van der Waals surface area contributed by atoms with E-state index in [1.54, 1.807) is 0 Å². The lowest BCUT2D eigenvalue weighted by Crippen LogP contribution is -2.34. The first-order chi connectivity index (χ1) is 11.2. The Kier molecular flexibility index (Phi) is 4.72. The monoisotopic (exact) mass is 347 g/mol. The third-order valence-electron chi connectivity index (χ3n) is 2.96. The predicted molar refractivity (Wildman–Crippen MR) is 72.0 cm³/mol. The first-order valence-electron chi connectivity index (χ1n) is 6.42. The summed E-state index contributed by atoms with van der Waals surface area (Å²) in [7, 11) is 0.976. The molecule has 1 heterocycles. The molecule has 9 heteroatoms. The van der Waals surface area contributed by atoms with Crippen LogP contribution in [0.25, 0.3) is 0 Å². The second kappa shape index (κ2) is 6.42. The van der Waals surface area contributed by atoms with Gasteiger partial charge in [0.15, 0.2) is 0 Å². The lowest BCUT2D eigenvalue weighted by Gasteiger charge is -2.22. The molecule has 24 heavy (non-hydrogen) atoms. The molecular weight excluding hydrogens is 337 g/mol. The van der Waals surface area contributed by atoms with E-state index in [1.165, 1.54) is 18.3 Å². The number of hydrogen-bond donors (Lipinski definition) is 0. The minimum atomic E-state index is -5.87. The second-order valence-electron chi connectivity index (χ2n) is 4.57. The molecule has 0 amide bonds. The largest absolute Gasteiger partial charge is 0.465 e. The van der Waals surface area contributed by atoms with Crippen LogP contribution in [0.4, 0.5) is 22.0 Å². The highest BCUT2D eigenvalue weighted by atomic mass is 19.4. The molecule has 128 valence electrons. The van der Waals surface area contributed by atoms with Crippen molar-refractivity contribution in [3.63, 3.8) is 0 Å². The number of nitrogens with zero attached hydrogens (tertiary/aromatic N) is 1. The zero-order chi connectivity index (χ0) is 18.0. The van der Waals surface area contributed by atoms with Crippen molar-refractivity contribution in [2.45, 2.75) is 12.1 Å². The zero-order valence-electron chi connectivity index (χ0n) is 12.1. The SMILES string of the molecule is COC(=O)c1ccc(Oc2cccnc2)c(C(F)(F)C(F)(F)F)c1. The van der Waals surface area contributed by atoms with Crippen molar-refractivity contribution in [1.82, 2.24) is 4.98 Å². The molecule has 1 aromatic heterocycles. The van der Waals surface area contributed by atoms with Gasteiger partial charge in [0, 0.05) is 6.20 Å². The molecule has 0 bridgehead atoms. The molecule has 0 aliphatic rings. The van der Waals surface area contributed by atoms with Gasteiger partial charge in [-0.2, -0.15) is 22.0 Å². The van der Waals surface area contributed by atoms with Crippen LogP contribution < -0.4 is 4.74 Å². The number of pyridine rings is 1. The van der Waals surface area contributed by atoms with Crippen LogP contribution in [-0.2, 0) is 10.7 Å². The quantitative estimate of drug-likeness (QED) is 0.611. The lowest BCUT2D eigenvalue weighted by atomic mass is 10.0. The fourth-order valence-corrected chi connectivity index (χ4v) is 1.80. The van der Waals surface area contributed by atoms with Gasteiger partial charge in [-0.1, -0.05) is 0 Å². The van der Waals surface area contributed by atoms with Crippen LogP contribution in [0.3, 0.4) is 0 Å². The molecule has 4 nitrogen and oxygen atoms in total. The van der Waals surface area contributed by atoms with E-state index in [0.717, 1.165) is 25.4 Å². The van der Waals surface area contributed by atoms with E-state index in [-0.39, 0.29) is 5.75 Å². The summed E-state index contributed by atoms with van der Waals surface area (Å²) < 4.78 is 75.2. The fourth-order valence-electron chi connectivity index (χ4n) is 1.80. The van der Waals surface area contributed by atoms with Gasteiger partial charge in [-0.25, -0.2) is 4.79 Å². The Balaban J connectivity index is 2.56. The Bertz CT molecular complexity index is 732. The number of carbonyl (C=O) groups excluding carboxylic acids is 1. The highest BCUT2D eigenvalue weighted by Crippen LogP contribution is 2.48. The third-order valence-corrected chi connectivity index (χ3v) is 2.96. The molecule has 0 atom stereocenters. The maximum Gasteiger partial charge on any atom is 0.458 e. The van der Waals surface area contributed by atoms with Crippen LogP contribution in [0.1, 0.15) is 15.9 Å². The van der Waals surface area contributed by atoms with E-state index in [1.807, 2.05) is 0 Å². The normalized spacial score (nSPS) is 11.9. The van der Waals surface area contributed by atoms with E-state index in [0.29, 0.717) is 6.07 Å². The standard InChI is InChI=1S/C15H10F5NO3/c1-23-13(22)9-4-5-12(24-10-3-2-6-21-8-10)11(7-9)14(16,17)15(18,19)20/h2-8H,1H3. The number of halogens is 5. The first kappa shape index (κ1) is 17.6. The van der Waals surface area contributed by atoms with E-state index in [2.05, 4.69) is 9.72 Å². The highest BCUT2D eigenvalue weighted by Gasteiger charge is 2.60. The number of aromatic nitrogens is 1. The van der Waals surface area contributed by atoms with E-state index >= 15 is 0 Å². The molecule has 0 aliphatic carbocycles. The summed E-state index contributed by atoms with van der Waals surface area (Å²) in [5.41, 5.74) is -1.96. The van der Waals surface area contributed by atoms with Gasteiger partial charge in [-0.05, 0) is 30.3 Å². The number of ether oxygens (including phenoxy) is 2. The lowest BCUT2D eigenvalue weighted by molar-refractivity contribution is -0.289. The molecule has 1 aromatic carbocycles. The fraction of sp³-hybridized carbons (Fsp3) is 0.200. The van der Waals surface area contributed by atoms with Gasteiger partial charge in [0.2, 0.25) is 0 Å². The summed E-state index contributed by atoms with van der Waals surface area (Å²) in [4.78, 5) is 15.1. The molecule has 0 spiro atoms. The van der Waals surface area contributed by atoms with Gasteiger partial charge >= 0.3 is 18.1 Å². The minimum Gasteiger partial charge on any atom is -0.465 e. The number of carbonyl (C=O) groups is 1. The van der Waals surface area contributed by atoms with Gasteiger partial charge in [0.25, 0.3) is 0 Å². The van der Waals surface area contributed by atoms with Crippen molar-refractivity contribution >= 4 is 5.97 Å². The van der Waals surface area contributed by atoms with Gasteiger partial charge < -0.3 is 9.47 Å². The number of benzene rings is 1. The Morgan fingerprint density at radius 1 is 1.12 bits per heavy atom. The molecule has 2 aromatic rings. The second-order valence-corrected chi connectivity index (χ2v) is 4.57. The maximum absolute atomic E-state index is 13.8. The van der Waals surface area contributed by atoms with E-state index in [4.69, 9.17) is 4.74 Å². The topological polar surface area (TPSA) is 48.4 Å². The molecule has 0 saturated heterocycles. The highest BCUT2D eigenvalue weighted by molar-refractivity contribution is 5.89. The molecular formula is C15H10F5NO3. The van der Waals surface area contributed by atoms with Crippen LogP contribution in [0, 0.1) is 0 Å². The molecule has 2 rings (SSSR count). The summed E-state index contributed by atoms with van der Waals surface area (Å²) in [5, 5.41) is 0. The van der Waals surface area contributed by atoms with Crippen LogP contribution in [0.2, 0.25) is 0 Å². The molecule has 0 aliphatic heterocycles. The number of rotatable bonds is 4. The molecule has 0 saturated carbocycles. The van der Waals surface area contributed by atoms with Crippen molar-refractivity contribution in [2.75, 3.05) is 7.11 Å². The molecule has 0 unspecified atom stereocenters. The Labute approximate surface area is 132 Å². The Hall–Kier alpha value is -2.71. The smallest absolute Gasteiger partial charge is 0.458 e. The molecule has 0 fully saturated rings. The summed E-state index contributed by atoms with van der Waals surface area (Å²) in [6, 6.07) is 5.00. The maximum atomic E-state index is 13.8. The van der Waals surface area contributed by atoms with Crippen molar-refractivity contribution in [1.29, 1.82) is 0 Å². The van der Waals surface area contributed by atoms with Crippen LogP contribution in [0.5, 0.6) is 11.5 Å². The molecule has 0 N–H and O–H groups in total. The number of hydrogen-bond acceptors (Lipinski definition) is 4. The van der Waals surface area contributed by atoms with E-state index < -0.39 is 34.9 Å². The number of methoxy groups -OCH3 is 1. The summed E-state index contributed by atoms with van der Waals surface area (Å²) in [6.07, 6.45) is -3.35. The van der Waals surface area contributed by atoms with Crippen molar-refractivity contribution in [3.8, 4) is 11.5 Å². The van der Waals surface area contributed by atoms with Gasteiger partial charge in [-0.15, -0.1) is 0 Å². The average Bonchev–Trinajstić information content (AvgIpc) is 2.54. The Morgan fingerprint density at radius 2 is 1.83 bits per heavy atom. The number of esters is 1. The van der Waals surface area contributed by atoms with Crippen LogP contribution in [0.15, 0.2) is 42.7 Å². The van der Waals surface area contributed by atoms with Gasteiger partial charge in [-0.3, -0.25) is 4.98 Å². The Morgan fingerprint density at radius 3 is 2.38 bits per heavy atom. The zero-order valence-corrected chi connectivity index (χ0v) is 12.1. The van der Waals surface area contributed by atoms with Gasteiger partial charge in [0.1, 0.15) is 11.5 Å². The summed E-state index contributed by atoms with van der Waals surface area (Å²) >= 11 is 0. The average molecular weight is 347 g/mol. The third kappa shape index (κ3) is 3.44. The van der Waals surface area contributed by atoms with Crippen molar-refractivity contribution in [2.24, 2.45) is 0 Å². The van der Waals surface area contributed by atoms with Crippen molar-refractivity contribution in [3.05, 3.63) is 53.9 Å². The van der Waals surface area contributed by atoms with Crippen molar-refractivity contribution < 1.29 is 36.2 Å².